The molecule has 0 aliphatic carbocycles. The van der Waals surface area contributed by atoms with Gasteiger partial charge in [0.25, 0.3) is 0 Å². The van der Waals surface area contributed by atoms with Crippen molar-refractivity contribution in [3.8, 4) is 0 Å². The summed E-state index contributed by atoms with van der Waals surface area (Å²) >= 11 is 0. The number of hydrogen-bond donors (Lipinski definition) is 1. The fourth-order valence-electron chi connectivity index (χ4n) is 2.26. The van der Waals surface area contributed by atoms with E-state index >= 15 is 0 Å². The predicted octanol–water partition coefficient (Wildman–Crippen LogP) is 2.37. The molecule has 1 unspecified atom stereocenters. The molecule has 1 heterocycles. The van der Waals surface area contributed by atoms with Gasteiger partial charge in [-0.2, -0.15) is 0 Å². The van der Waals surface area contributed by atoms with Gasteiger partial charge in [-0.3, -0.25) is 4.79 Å². The van der Waals surface area contributed by atoms with Crippen LogP contribution in [-0.2, 0) is 14.3 Å². The highest BCUT2D eigenvalue weighted by atomic mass is 16.5. The van der Waals surface area contributed by atoms with E-state index in [2.05, 4.69) is 5.32 Å². The SMILES string of the molecule is COC(=O)c1ccccc1NC(=O)CC1CCCCO1. The zero-order valence-corrected chi connectivity index (χ0v) is 11.6. The van der Waals surface area contributed by atoms with Crippen molar-refractivity contribution < 1.29 is 19.1 Å². The summed E-state index contributed by atoms with van der Waals surface area (Å²) in [5.74, 6) is -0.608. The largest absolute Gasteiger partial charge is 0.465 e. The molecule has 1 aromatic rings. The Morgan fingerprint density at radius 2 is 2.15 bits per heavy atom. The van der Waals surface area contributed by atoms with Crippen LogP contribution in [0.4, 0.5) is 5.69 Å². The second-order valence-corrected chi connectivity index (χ2v) is 4.78. The van der Waals surface area contributed by atoms with Gasteiger partial charge < -0.3 is 14.8 Å². The van der Waals surface area contributed by atoms with E-state index in [-0.39, 0.29) is 12.0 Å². The maximum Gasteiger partial charge on any atom is 0.339 e. The highest BCUT2D eigenvalue weighted by Crippen LogP contribution is 2.19. The number of benzene rings is 1. The molecule has 1 saturated heterocycles. The molecule has 1 atom stereocenters. The molecule has 1 aromatic carbocycles. The Balaban J connectivity index is 1.98. The lowest BCUT2D eigenvalue weighted by atomic mass is 10.1. The van der Waals surface area contributed by atoms with Crippen LogP contribution in [0.3, 0.4) is 0 Å². The van der Waals surface area contributed by atoms with E-state index in [9.17, 15) is 9.59 Å². The number of anilines is 1. The second kappa shape index (κ2) is 7.05. The summed E-state index contributed by atoms with van der Waals surface area (Å²) < 4.78 is 10.2. The monoisotopic (exact) mass is 277 g/mol. The first-order valence-corrected chi connectivity index (χ1v) is 6.79. The van der Waals surface area contributed by atoms with Gasteiger partial charge in [0.1, 0.15) is 0 Å². The van der Waals surface area contributed by atoms with Gasteiger partial charge in [-0.15, -0.1) is 0 Å². The number of methoxy groups -OCH3 is 1. The first-order chi connectivity index (χ1) is 9.70. The summed E-state index contributed by atoms with van der Waals surface area (Å²) in [5.41, 5.74) is 0.827. The number of rotatable bonds is 4. The number of nitrogens with one attached hydrogen (secondary N) is 1. The molecular formula is C15H19NO4. The Morgan fingerprint density at radius 1 is 1.35 bits per heavy atom. The van der Waals surface area contributed by atoms with Crippen molar-refractivity contribution in [3.05, 3.63) is 29.8 Å². The van der Waals surface area contributed by atoms with Crippen molar-refractivity contribution in [2.24, 2.45) is 0 Å². The molecule has 0 bridgehead atoms. The third-order valence-corrected chi connectivity index (χ3v) is 3.29. The molecule has 5 heteroatoms. The van der Waals surface area contributed by atoms with Crippen LogP contribution in [0.25, 0.3) is 0 Å². The molecule has 0 saturated carbocycles. The van der Waals surface area contributed by atoms with Crippen LogP contribution in [-0.4, -0.2) is 31.7 Å². The third kappa shape index (κ3) is 3.81. The molecule has 108 valence electrons. The van der Waals surface area contributed by atoms with E-state index in [4.69, 9.17) is 9.47 Å². The summed E-state index contributed by atoms with van der Waals surface area (Å²) in [7, 11) is 1.32. The molecule has 1 N–H and O–H groups in total. The molecule has 1 fully saturated rings. The van der Waals surface area contributed by atoms with Gasteiger partial charge in [-0.05, 0) is 31.4 Å². The van der Waals surface area contributed by atoms with Crippen LogP contribution in [0.15, 0.2) is 24.3 Å². The fraction of sp³-hybridized carbons (Fsp3) is 0.467. The zero-order chi connectivity index (χ0) is 14.4. The molecule has 1 aliphatic rings. The second-order valence-electron chi connectivity index (χ2n) is 4.78. The van der Waals surface area contributed by atoms with E-state index in [1.807, 2.05) is 0 Å². The van der Waals surface area contributed by atoms with Crippen molar-refractivity contribution in [1.29, 1.82) is 0 Å². The first kappa shape index (κ1) is 14.5. The van der Waals surface area contributed by atoms with E-state index < -0.39 is 5.97 Å². The van der Waals surface area contributed by atoms with Crippen LogP contribution in [0.2, 0.25) is 0 Å². The fourth-order valence-corrected chi connectivity index (χ4v) is 2.26. The number of hydrogen-bond acceptors (Lipinski definition) is 4. The Morgan fingerprint density at radius 3 is 2.85 bits per heavy atom. The van der Waals surface area contributed by atoms with Crippen LogP contribution in [0.1, 0.15) is 36.0 Å². The van der Waals surface area contributed by atoms with Crippen LogP contribution >= 0.6 is 0 Å². The molecule has 20 heavy (non-hydrogen) atoms. The van der Waals surface area contributed by atoms with Crippen molar-refractivity contribution in [2.45, 2.75) is 31.8 Å². The highest BCUT2D eigenvalue weighted by Gasteiger charge is 2.19. The maximum absolute atomic E-state index is 12.0. The summed E-state index contributed by atoms with van der Waals surface area (Å²) in [5, 5.41) is 2.75. The predicted molar refractivity (Wildman–Crippen MR) is 74.6 cm³/mol. The van der Waals surface area contributed by atoms with Gasteiger partial charge in [-0.25, -0.2) is 4.79 Å². The smallest absolute Gasteiger partial charge is 0.339 e. The van der Waals surface area contributed by atoms with Gasteiger partial charge in [0.05, 0.1) is 30.9 Å². The van der Waals surface area contributed by atoms with E-state index in [1.54, 1.807) is 24.3 Å². The lowest BCUT2D eigenvalue weighted by Gasteiger charge is -2.22. The third-order valence-electron chi connectivity index (χ3n) is 3.29. The quantitative estimate of drug-likeness (QED) is 0.858. The Kier molecular flexibility index (Phi) is 5.12. The van der Waals surface area contributed by atoms with Gasteiger partial charge in [-0.1, -0.05) is 12.1 Å². The standard InChI is InChI=1S/C15H19NO4/c1-19-15(18)12-7-2-3-8-13(12)16-14(17)10-11-6-4-5-9-20-11/h2-3,7-8,11H,4-6,9-10H2,1H3,(H,16,17). The minimum atomic E-state index is -0.463. The van der Waals surface area contributed by atoms with Gasteiger partial charge in [0.15, 0.2) is 0 Å². The summed E-state index contributed by atoms with van der Waals surface area (Å²) in [4.78, 5) is 23.6. The minimum absolute atomic E-state index is 0.0194. The number of para-hydroxylation sites is 1. The maximum atomic E-state index is 12.0. The lowest BCUT2D eigenvalue weighted by molar-refractivity contribution is -0.119. The Labute approximate surface area is 118 Å². The summed E-state index contributed by atoms with van der Waals surface area (Å²) in [6.45, 7) is 0.719. The molecular weight excluding hydrogens is 258 g/mol. The van der Waals surface area contributed by atoms with Crippen LogP contribution in [0, 0.1) is 0 Å². The van der Waals surface area contributed by atoms with Crippen molar-refractivity contribution in [1.82, 2.24) is 0 Å². The summed E-state index contributed by atoms with van der Waals surface area (Å²) in [6, 6.07) is 6.80. The Bertz CT molecular complexity index is 481. The topological polar surface area (TPSA) is 64.6 Å². The molecule has 1 amide bonds. The zero-order valence-electron chi connectivity index (χ0n) is 11.6. The first-order valence-electron chi connectivity index (χ1n) is 6.79. The highest BCUT2D eigenvalue weighted by molar-refractivity contribution is 6.01. The number of carbonyl (C=O) groups is 2. The van der Waals surface area contributed by atoms with E-state index in [0.29, 0.717) is 17.7 Å². The molecule has 2 rings (SSSR count). The van der Waals surface area contributed by atoms with Crippen molar-refractivity contribution >= 4 is 17.6 Å². The number of ether oxygens (including phenoxy) is 2. The van der Waals surface area contributed by atoms with Gasteiger partial charge in [0.2, 0.25) is 5.91 Å². The molecule has 0 spiro atoms. The van der Waals surface area contributed by atoms with E-state index in [1.165, 1.54) is 7.11 Å². The van der Waals surface area contributed by atoms with Crippen molar-refractivity contribution in [3.63, 3.8) is 0 Å². The van der Waals surface area contributed by atoms with Gasteiger partial charge in [0, 0.05) is 6.61 Å². The average molecular weight is 277 g/mol. The Hall–Kier alpha value is -1.88. The molecule has 1 aliphatic heterocycles. The number of amides is 1. The number of esters is 1. The average Bonchev–Trinajstić information content (AvgIpc) is 2.48. The van der Waals surface area contributed by atoms with E-state index in [0.717, 1.165) is 25.9 Å². The summed E-state index contributed by atoms with van der Waals surface area (Å²) in [6.07, 6.45) is 3.36. The van der Waals surface area contributed by atoms with Crippen LogP contribution in [0.5, 0.6) is 0 Å². The minimum Gasteiger partial charge on any atom is -0.465 e. The van der Waals surface area contributed by atoms with Gasteiger partial charge >= 0.3 is 5.97 Å². The van der Waals surface area contributed by atoms with Crippen molar-refractivity contribution in [2.75, 3.05) is 19.0 Å². The molecule has 0 radical (unpaired) electrons. The lowest BCUT2D eigenvalue weighted by Crippen LogP contribution is -2.26. The normalized spacial score (nSPS) is 18.4. The molecule has 5 nitrogen and oxygen atoms in total. The number of carbonyl (C=O) groups excluding carboxylic acids is 2. The van der Waals surface area contributed by atoms with Crippen LogP contribution < -0.4 is 5.32 Å². The molecule has 0 aromatic heterocycles.